The molecule has 6 nitrogen and oxygen atoms in total. The number of pyridine rings is 2. The highest BCUT2D eigenvalue weighted by molar-refractivity contribution is 5.64. The SMILES string of the molecule is COc1ccc([C@H]2CC[C@H](CNc3cc(-c4cnn(C5CC5)c4)ccn3)CC2)nc1C. The van der Waals surface area contributed by atoms with Crippen molar-refractivity contribution in [2.75, 3.05) is 19.0 Å². The maximum Gasteiger partial charge on any atom is 0.140 e. The van der Waals surface area contributed by atoms with E-state index in [0.717, 1.165) is 23.8 Å². The van der Waals surface area contributed by atoms with Crippen LogP contribution in [0.25, 0.3) is 11.1 Å². The highest BCUT2D eigenvalue weighted by atomic mass is 16.5. The molecular weight excluding hydrogens is 386 g/mol. The molecule has 0 aliphatic heterocycles. The van der Waals surface area contributed by atoms with E-state index in [1.165, 1.54) is 55.3 Å². The minimum Gasteiger partial charge on any atom is -0.495 e. The first-order chi connectivity index (χ1) is 15.2. The lowest BCUT2D eigenvalue weighted by Gasteiger charge is -2.28. The fourth-order valence-electron chi connectivity index (χ4n) is 4.65. The summed E-state index contributed by atoms with van der Waals surface area (Å²) in [6.45, 7) is 3.00. The monoisotopic (exact) mass is 417 g/mol. The summed E-state index contributed by atoms with van der Waals surface area (Å²) < 4.78 is 7.45. The molecule has 0 spiro atoms. The van der Waals surface area contributed by atoms with Crippen molar-refractivity contribution in [2.45, 2.75) is 57.4 Å². The van der Waals surface area contributed by atoms with Crippen molar-refractivity contribution in [3.63, 3.8) is 0 Å². The molecular formula is C25H31N5O. The van der Waals surface area contributed by atoms with Gasteiger partial charge in [-0.15, -0.1) is 0 Å². The summed E-state index contributed by atoms with van der Waals surface area (Å²) in [5.74, 6) is 3.06. The fraction of sp³-hybridized carbons (Fsp3) is 0.480. The van der Waals surface area contributed by atoms with E-state index < -0.39 is 0 Å². The summed E-state index contributed by atoms with van der Waals surface area (Å²) in [5, 5.41) is 8.09. The summed E-state index contributed by atoms with van der Waals surface area (Å²) >= 11 is 0. The van der Waals surface area contributed by atoms with Crippen LogP contribution in [0.5, 0.6) is 5.75 Å². The lowest BCUT2D eigenvalue weighted by atomic mass is 9.80. The number of nitrogens with one attached hydrogen (secondary N) is 1. The number of nitrogens with zero attached hydrogens (tertiary/aromatic N) is 4. The van der Waals surface area contributed by atoms with Crippen molar-refractivity contribution in [3.05, 3.63) is 54.2 Å². The van der Waals surface area contributed by atoms with Crippen LogP contribution in [-0.4, -0.2) is 33.4 Å². The van der Waals surface area contributed by atoms with E-state index in [-0.39, 0.29) is 0 Å². The number of ether oxygens (including phenoxy) is 1. The molecule has 0 unspecified atom stereocenters. The van der Waals surface area contributed by atoms with Gasteiger partial charge in [0.25, 0.3) is 0 Å². The highest BCUT2D eigenvalue weighted by Crippen LogP contribution is 2.37. The molecule has 2 aliphatic carbocycles. The molecule has 0 amide bonds. The Bertz CT molecular complexity index is 1030. The quantitative estimate of drug-likeness (QED) is 0.559. The second-order valence-corrected chi connectivity index (χ2v) is 8.99. The average Bonchev–Trinajstić information content (AvgIpc) is 3.54. The van der Waals surface area contributed by atoms with Crippen molar-refractivity contribution < 1.29 is 4.74 Å². The predicted molar refractivity (Wildman–Crippen MR) is 122 cm³/mol. The molecule has 162 valence electrons. The second kappa shape index (κ2) is 8.69. The zero-order chi connectivity index (χ0) is 21.2. The molecule has 6 heteroatoms. The standard InChI is InChI=1S/C25H31N5O/c1-17-24(31-2)10-9-23(29-17)19-5-3-18(4-6-19)14-27-25-13-20(11-12-26-25)21-15-28-30(16-21)22-7-8-22/h9-13,15-16,18-19,22H,3-8,14H2,1-2H3,(H,26,27)/t18-,19-. The van der Waals surface area contributed by atoms with Gasteiger partial charge in [0.2, 0.25) is 0 Å². The van der Waals surface area contributed by atoms with Gasteiger partial charge in [0.15, 0.2) is 0 Å². The van der Waals surface area contributed by atoms with Crippen LogP contribution in [0.3, 0.4) is 0 Å². The number of aromatic nitrogens is 4. The molecule has 1 N–H and O–H groups in total. The Labute approximate surface area is 184 Å². The van der Waals surface area contributed by atoms with Crippen molar-refractivity contribution in [1.29, 1.82) is 0 Å². The van der Waals surface area contributed by atoms with Crippen LogP contribution in [0.1, 0.15) is 61.9 Å². The molecule has 0 atom stereocenters. The normalized spacial score (nSPS) is 21.1. The minimum absolute atomic E-state index is 0.560. The minimum atomic E-state index is 0.560. The summed E-state index contributed by atoms with van der Waals surface area (Å²) in [6, 6.07) is 9.01. The van der Waals surface area contributed by atoms with Gasteiger partial charge in [-0.05, 0) is 81.2 Å². The van der Waals surface area contributed by atoms with E-state index >= 15 is 0 Å². The zero-order valence-corrected chi connectivity index (χ0v) is 18.4. The molecule has 5 rings (SSSR count). The van der Waals surface area contributed by atoms with E-state index in [9.17, 15) is 0 Å². The first-order valence-electron chi connectivity index (χ1n) is 11.5. The Balaban J connectivity index is 1.15. The second-order valence-electron chi connectivity index (χ2n) is 8.99. The molecule has 2 aliphatic rings. The largest absolute Gasteiger partial charge is 0.495 e. The van der Waals surface area contributed by atoms with Gasteiger partial charge in [0.05, 0.1) is 25.0 Å². The van der Waals surface area contributed by atoms with Crippen LogP contribution in [0.2, 0.25) is 0 Å². The maximum absolute atomic E-state index is 5.35. The lowest BCUT2D eigenvalue weighted by Crippen LogP contribution is -2.21. The fourth-order valence-corrected chi connectivity index (χ4v) is 4.65. The Kier molecular flexibility index (Phi) is 5.62. The van der Waals surface area contributed by atoms with Crippen molar-refractivity contribution in [3.8, 4) is 16.9 Å². The van der Waals surface area contributed by atoms with Crippen molar-refractivity contribution >= 4 is 5.82 Å². The third-order valence-corrected chi connectivity index (χ3v) is 6.73. The number of rotatable bonds is 7. The molecule has 3 heterocycles. The van der Waals surface area contributed by atoms with Crippen molar-refractivity contribution in [2.24, 2.45) is 5.92 Å². The summed E-state index contributed by atoms with van der Waals surface area (Å²) in [4.78, 5) is 9.32. The van der Waals surface area contributed by atoms with Crippen LogP contribution in [0.15, 0.2) is 42.9 Å². The van der Waals surface area contributed by atoms with Gasteiger partial charge in [0.1, 0.15) is 11.6 Å². The maximum atomic E-state index is 5.35. The highest BCUT2D eigenvalue weighted by Gasteiger charge is 2.25. The molecule has 0 saturated heterocycles. The number of hydrogen-bond acceptors (Lipinski definition) is 5. The van der Waals surface area contributed by atoms with E-state index in [1.54, 1.807) is 7.11 Å². The molecule has 3 aromatic rings. The summed E-state index contributed by atoms with van der Waals surface area (Å²) in [5.41, 5.74) is 4.54. The average molecular weight is 418 g/mol. The third-order valence-electron chi connectivity index (χ3n) is 6.73. The number of hydrogen-bond donors (Lipinski definition) is 1. The van der Waals surface area contributed by atoms with Gasteiger partial charge in [0, 0.05) is 36.1 Å². The number of methoxy groups -OCH3 is 1. The number of anilines is 1. The third kappa shape index (κ3) is 4.58. The Morgan fingerprint density at radius 3 is 2.65 bits per heavy atom. The molecule has 0 aromatic carbocycles. The molecule has 0 bridgehead atoms. The van der Waals surface area contributed by atoms with Gasteiger partial charge in [-0.2, -0.15) is 5.10 Å². The van der Waals surface area contributed by atoms with E-state index in [4.69, 9.17) is 9.72 Å². The molecule has 0 radical (unpaired) electrons. The van der Waals surface area contributed by atoms with Gasteiger partial charge in [-0.1, -0.05) is 0 Å². The molecule has 31 heavy (non-hydrogen) atoms. The smallest absolute Gasteiger partial charge is 0.140 e. The molecule has 3 aromatic heterocycles. The first-order valence-corrected chi connectivity index (χ1v) is 11.5. The number of aryl methyl sites for hydroxylation is 1. The Morgan fingerprint density at radius 2 is 1.90 bits per heavy atom. The molecule has 2 fully saturated rings. The van der Waals surface area contributed by atoms with Gasteiger partial charge < -0.3 is 10.1 Å². The lowest BCUT2D eigenvalue weighted by molar-refractivity contribution is 0.334. The topological polar surface area (TPSA) is 64.9 Å². The first kappa shape index (κ1) is 20.0. The van der Waals surface area contributed by atoms with Crippen LogP contribution in [-0.2, 0) is 0 Å². The van der Waals surface area contributed by atoms with Gasteiger partial charge in [-0.3, -0.25) is 9.67 Å². The van der Waals surface area contributed by atoms with Gasteiger partial charge in [-0.25, -0.2) is 4.98 Å². The predicted octanol–water partition coefficient (Wildman–Crippen LogP) is 5.38. The van der Waals surface area contributed by atoms with E-state index in [2.05, 4.69) is 50.5 Å². The Morgan fingerprint density at radius 1 is 1.06 bits per heavy atom. The summed E-state index contributed by atoms with van der Waals surface area (Å²) in [7, 11) is 1.70. The van der Waals surface area contributed by atoms with E-state index in [1.807, 2.05) is 19.3 Å². The van der Waals surface area contributed by atoms with Crippen molar-refractivity contribution in [1.82, 2.24) is 19.7 Å². The zero-order valence-electron chi connectivity index (χ0n) is 18.4. The Hall–Kier alpha value is -2.89. The van der Waals surface area contributed by atoms with Crippen LogP contribution >= 0.6 is 0 Å². The van der Waals surface area contributed by atoms with Crippen LogP contribution in [0, 0.1) is 12.8 Å². The van der Waals surface area contributed by atoms with E-state index in [0.29, 0.717) is 17.9 Å². The van der Waals surface area contributed by atoms with Crippen LogP contribution < -0.4 is 10.1 Å². The molecule has 2 saturated carbocycles. The summed E-state index contributed by atoms with van der Waals surface area (Å²) in [6.07, 6.45) is 13.3. The van der Waals surface area contributed by atoms with Crippen LogP contribution in [0.4, 0.5) is 5.82 Å². The van der Waals surface area contributed by atoms with Gasteiger partial charge >= 0.3 is 0 Å².